The third-order valence-electron chi connectivity index (χ3n) is 7.52. The number of anilines is 1. The van der Waals surface area contributed by atoms with Crippen molar-refractivity contribution in [2.75, 3.05) is 31.3 Å². The van der Waals surface area contributed by atoms with Gasteiger partial charge in [-0.05, 0) is 80.0 Å². The Morgan fingerprint density at radius 3 is 2.19 bits per heavy atom. The number of hydrogen-bond donors (Lipinski definition) is 1. The Labute approximate surface area is 258 Å². The van der Waals surface area contributed by atoms with Crippen molar-refractivity contribution < 1.29 is 27.5 Å². The minimum absolute atomic E-state index is 0.135. The Hall–Kier alpha value is -2.59. The number of carbonyl (C=O) groups excluding carboxylic acids is 2. The van der Waals surface area contributed by atoms with Crippen LogP contribution in [0.4, 0.5) is 10.5 Å². The van der Waals surface area contributed by atoms with Gasteiger partial charge in [-0.25, -0.2) is 13.2 Å². The lowest BCUT2D eigenvalue weighted by Crippen LogP contribution is -2.66. The zero-order valence-electron chi connectivity index (χ0n) is 25.1. The zero-order chi connectivity index (χ0) is 31.3. The van der Waals surface area contributed by atoms with Crippen LogP contribution in [0.15, 0.2) is 41.3 Å². The fourth-order valence-electron chi connectivity index (χ4n) is 5.77. The van der Waals surface area contributed by atoms with Gasteiger partial charge in [-0.2, -0.15) is 0 Å². The number of ether oxygens (including phenoxy) is 2. The highest BCUT2D eigenvalue weighted by molar-refractivity contribution is 7.90. The van der Waals surface area contributed by atoms with Crippen LogP contribution in [0, 0.1) is 5.41 Å². The average molecular weight is 638 g/mol. The summed E-state index contributed by atoms with van der Waals surface area (Å²) in [6, 6.07) is 7.98. The van der Waals surface area contributed by atoms with E-state index in [4.69, 9.17) is 32.7 Å². The molecule has 1 atom stereocenters. The molecule has 2 aliphatic heterocycles. The van der Waals surface area contributed by atoms with Crippen LogP contribution in [0.1, 0.15) is 64.7 Å². The largest absolute Gasteiger partial charge is 0.444 e. The molecule has 2 aliphatic rings. The molecule has 0 aliphatic carbocycles. The highest BCUT2D eigenvalue weighted by atomic mass is 35.5. The molecule has 228 valence electrons. The molecule has 0 bridgehead atoms. The first-order valence-electron chi connectivity index (χ1n) is 13.8. The van der Waals surface area contributed by atoms with Gasteiger partial charge in [-0.1, -0.05) is 56.1 Å². The molecule has 8 nitrogen and oxygen atoms in total. The van der Waals surface area contributed by atoms with E-state index in [0.717, 1.165) is 11.8 Å². The number of nitrogens with one attached hydrogen (secondary N) is 1. The molecule has 42 heavy (non-hydrogen) atoms. The topological polar surface area (TPSA) is 102 Å². The molecule has 0 spiro atoms. The Morgan fingerprint density at radius 1 is 1.02 bits per heavy atom. The molecule has 11 heteroatoms. The van der Waals surface area contributed by atoms with E-state index in [2.05, 4.69) is 5.32 Å². The summed E-state index contributed by atoms with van der Waals surface area (Å²) in [6.07, 6.45) is 3.43. The number of fused-ring (bicyclic) bond motifs is 1. The fourth-order valence-corrected chi connectivity index (χ4v) is 7.17. The highest BCUT2D eigenvalue weighted by Crippen LogP contribution is 2.50. The lowest BCUT2D eigenvalue weighted by Gasteiger charge is -2.53. The number of rotatable bonds is 4. The van der Waals surface area contributed by atoms with E-state index in [9.17, 15) is 18.0 Å². The lowest BCUT2D eigenvalue weighted by atomic mass is 9.64. The van der Waals surface area contributed by atoms with Gasteiger partial charge in [0.15, 0.2) is 15.4 Å². The van der Waals surface area contributed by atoms with Crippen LogP contribution in [0.3, 0.4) is 0 Å². The first kappa shape index (κ1) is 32.3. The van der Waals surface area contributed by atoms with Gasteiger partial charge in [-0.3, -0.25) is 9.69 Å². The maximum Gasteiger partial charge on any atom is 0.411 e. The van der Waals surface area contributed by atoms with Crippen LogP contribution in [0.2, 0.25) is 10.0 Å². The smallest absolute Gasteiger partial charge is 0.411 e. The first-order chi connectivity index (χ1) is 19.4. The number of amides is 2. The molecule has 2 aromatic rings. The fraction of sp³-hybridized carbons (Fsp3) is 0.484. The molecule has 2 aromatic carbocycles. The molecule has 0 radical (unpaired) electrons. The minimum atomic E-state index is -3.50. The van der Waals surface area contributed by atoms with Crippen LogP contribution in [0.25, 0.3) is 5.57 Å². The van der Waals surface area contributed by atoms with Crippen LogP contribution in [-0.2, 0) is 36.1 Å². The standard InChI is InChI=1S/C31H38Cl2N2O6S/c1-29(2,3)31(27(36)34-21-17-24(32)26(25(33)18-21)19-11-14-40-15-12-19)23-9-8-22(42(7,38)39)16-20(23)10-13-35(31)28(37)41-30(4,5)6/h8-9,11,16-18H,10,12-15H2,1-7H3,(H,34,36). The van der Waals surface area contributed by atoms with Gasteiger partial charge in [0.25, 0.3) is 5.91 Å². The van der Waals surface area contributed by atoms with Crippen molar-refractivity contribution in [2.24, 2.45) is 5.41 Å². The van der Waals surface area contributed by atoms with E-state index in [1.165, 1.54) is 11.0 Å². The summed E-state index contributed by atoms with van der Waals surface area (Å²) in [5, 5.41) is 3.74. The molecule has 2 amide bonds. The van der Waals surface area contributed by atoms with Gasteiger partial charge < -0.3 is 14.8 Å². The molecule has 4 rings (SSSR count). The second-order valence-corrected chi connectivity index (χ2v) is 15.6. The summed E-state index contributed by atoms with van der Waals surface area (Å²) in [5.74, 6) is -0.501. The van der Waals surface area contributed by atoms with Gasteiger partial charge in [0.1, 0.15) is 5.60 Å². The second-order valence-electron chi connectivity index (χ2n) is 12.8. The summed E-state index contributed by atoms with van der Waals surface area (Å²) >= 11 is 13.4. The van der Waals surface area contributed by atoms with Crippen molar-refractivity contribution in [3.05, 3.63) is 63.1 Å². The van der Waals surface area contributed by atoms with Crippen LogP contribution in [0.5, 0.6) is 0 Å². The highest BCUT2D eigenvalue weighted by Gasteiger charge is 2.59. The maximum absolute atomic E-state index is 14.7. The Balaban J connectivity index is 1.88. The summed E-state index contributed by atoms with van der Waals surface area (Å²) in [5.41, 5.74) is -0.0577. The third-order valence-corrected chi connectivity index (χ3v) is 9.22. The molecular formula is C31H38Cl2N2O6S. The molecular weight excluding hydrogens is 599 g/mol. The second kappa shape index (κ2) is 11.5. The Morgan fingerprint density at radius 2 is 1.67 bits per heavy atom. The van der Waals surface area contributed by atoms with Crippen molar-refractivity contribution in [1.29, 1.82) is 0 Å². The molecule has 0 aromatic heterocycles. The van der Waals surface area contributed by atoms with E-state index in [-0.39, 0.29) is 11.4 Å². The van der Waals surface area contributed by atoms with Gasteiger partial charge in [-0.15, -0.1) is 0 Å². The molecule has 0 saturated heterocycles. The normalized spacial score (nSPS) is 19.5. The van der Waals surface area contributed by atoms with E-state index in [0.29, 0.717) is 58.5 Å². The molecule has 1 N–H and O–H groups in total. The third kappa shape index (κ3) is 6.20. The number of sulfone groups is 1. The van der Waals surface area contributed by atoms with Crippen LogP contribution in [-0.4, -0.2) is 56.9 Å². The van der Waals surface area contributed by atoms with Gasteiger partial charge >= 0.3 is 6.09 Å². The summed E-state index contributed by atoms with van der Waals surface area (Å²) in [6.45, 7) is 12.1. The number of halogens is 2. The Kier molecular flexibility index (Phi) is 8.84. The first-order valence-corrected chi connectivity index (χ1v) is 16.4. The zero-order valence-corrected chi connectivity index (χ0v) is 27.4. The van der Waals surface area contributed by atoms with Gasteiger partial charge in [0.05, 0.1) is 28.2 Å². The SMILES string of the molecule is CC(C)(C)OC(=O)N1CCc2cc(S(C)(=O)=O)ccc2C1(C(=O)Nc1cc(Cl)c(C2=CCOCC2)c(Cl)c1)C(C)(C)C. The molecule has 2 heterocycles. The van der Waals surface area contributed by atoms with Crippen molar-refractivity contribution in [1.82, 2.24) is 4.90 Å². The van der Waals surface area contributed by atoms with Gasteiger partial charge in [0, 0.05) is 24.1 Å². The minimum Gasteiger partial charge on any atom is -0.444 e. The molecule has 0 saturated carbocycles. The molecule has 1 unspecified atom stereocenters. The van der Waals surface area contributed by atoms with Crippen molar-refractivity contribution in [3.63, 3.8) is 0 Å². The van der Waals surface area contributed by atoms with Crippen LogP contribution >= 0.6 is 23.2 Å². The number of benzene rings is 2. The van der Waals surface area contributed by atoms with Gasteiger partial charge in [0.2, 0.25) is 0 Å². The lowest BCUT2D eigenvalue weighted by molar-refractivity contribution is -0.138. The summed E-state index contributed by atoms with van der Waals surface area (Å²) < 4.78 is 36.0. The van der Waals surface area contributed by atoms with E-state index < -0.39 is 38.4 Å². The maximum atomic E-state index is 14.7. The summed E-state index contributed by atoms with van der Waals surface area (Å²) in [4.78, 5) is 30.0. The van der Waals surface area contributed by atoms with E-state index >= 15 is 0 Å². The Bertz CT molecular complexity index is 1530. The predicted molar refractivity (Wildman–Crippen MR) is 166 cm³/mol. The van der Waals surface area contributed by atoms with E-state index in [1.54, 1.807) is 45.0 Å². The monoisotopic (exact) mass is 636 g/mol. The quantitative estimate of drug-likeness (QED) is 0.393. The van der Waals surface area contributed by atoms with Crippen LogP contribution < -0.4 is 5.32 Å². The van der Waals surface area contributed by atoms with Crippen molar-refractivity contribution >= 4 is 56.3 Å². The number of hydrogen-bond acceptors (Lipinski definition) is 6. The number of carbonyl (C=O) groups is 2. The van der Waals surface area contributed by atoms with Crippen molar-refractivity contribution in [2.45, 2.75) is 70.4 Å². The van der Waals surface area contributed by atoms with Crippen molar-refractivity contribution in [3.8, 4) is 0 Å². The summed E-state index contributed by atoms with van der Waals surface area (Å²) in [7, 11) is -3.50. The number of nitrogens with zero attached hydrogens (tertiary/aromatic N) is 1. The van der Waals surface area contributed by atoms with E-state index in [1.807, 2.05) is 26.8 Å². The average Bonchev–Trinajstić information content (AvgIpc) is 2.85. The predicted octanol–water partition coefficient (Wildman–Crippen LogP) is 6.87. The molecule has 0 fully saturated rings.